The Kier molecular flexibility index (Phi) is 4.89. The highest BCUT2D eigenvalue weighted by Gasteiger charge is 2.19. The molecule has 1 aliphatic heterocycles. The van der Waals surface area contributed by atoms with Crippen molar-refractivity contribution >= 4 is 22.6 Å². The molecule has 136 valence electrons. The SMILES string of the molecule is Cc1nn(CCN2CCN(C)CC2)c2nnc(-c3ccccc3)c(Cl)c12. The minimum absolute atomic E-state index is 0.629. The van der Waals surface area contributed by atoms with Gasteiger partial charge in [-0.3, -0.25) is 4.90 Å². The summed E-state index contributed by atoms with van der Waals surface area (Å²) in [5.41, 5.74) is 3.34. The van der Waals surface area contributed by atoms with Crippen LogP contribution in [0, 0.1) is 6.92 Å². The third-order valence-corrected chi connectivity index (χ3v) is 5.41. The fraction of sp³-hybridized carbons (Fsp3) is 0.421. The number of fused-ring (bicyclic) bond motifs is 1. The maximum atomic E-state index is 6.69. The van der Waals surface area contributed by atoms with Gasteiger partial charge in [0.05, 0.1) is 22.6 Å². The molecule has 0 saturated carbocycles. The first-order valence-electron chi connectivity index (χ1n) is 8.99. The molecule has 0 atom stereocenters. The van der Waals surface area contributed by atoms with Crippen LogP contribution in [-0.4, -0.2) is 69.5 Å². The lowest BCUT2D eigenvalue weighted by Crippen LogP contribution is -2.45. The predicted octanol–water partition coefficient (Wildman–Crippen LogP) is 2.70. The van der Waals surface area contributed by atoms with Gasteiger partial charge in [0.15, 0.2) is 5.65 Å². The van der Waals surface area contributed by atoms with Crippen molar-refractivity contribution in [2.45, 2.75) is 13.5 Å². The molecule has 0 bridgehead atoms. The molecule has 2 aromatic heterocycles. The molecular weight excluding hydrogens is 348 g/mol. The minimum atomic E-state index is 0.629. The molecule has 6 nitrogen and oxygen atoms in total. The van der Waals surface area contributed by atoms with Crippen molar-refractivity contribution in [1.29, 1.82) is 0 Å². The summed E-state index contributed by atoms with van der Waals surface area (Å²) in [6.07, 6.45) is 0. The Bertz CT molecular complexity index is 899. The largest absolute Gasteiger partial charge is 0.304 e. The molecule has 7 heteroatoms. The zero-order valence-electron chi connectivity index (χ0n) is 15.2. The summed E-state index contributed by atoms with van der Waals surface area (Å²) in [6, 6.07) is 9.92. The highest BCUT2D eigenvalue weighted by molar-refractivity contribution is 6.37. The first kappa shape index (κ1) is 17.4. The van der Waals surface area contributed by atoms with Crippen LogP contribution in [0.5, 0.6) is 0 Å². The molecule has 1 fully saturated rings. The number of piperazine rings is 1. The average molecular weight is 371 g/mol. The highest BCUT2D eigenvalue weighted by atomic mass is 35.5. The van der Waals surface area contributed by atoms with Gasteiger partial charge < -0.3 is 4.90 Å². The van der Waals surface area contributed by atoms with Gasteiger partial charge in [0, 0.05) is 38.3 Å². The zero-order chi connectivity index (χ0) is 18.1. The van der Waals surface area contributed by atoms with Crippen LogP contribution in [0.2, 0.25) is 5.02 Å². The Labute approximate surface area is 158 Å². The number of aryl methyl sites for hydroxylation is 1. The summed E-state index contributed by atoms with van der Waals surface area (Å²) in [7, 11) is 2.17. The smallest absolute Gasteiger partial charge is 0.182 e. The summed E-state index contributed by atoms with van der Waals surface area (Å²) in [5, 5.41) is 15.1. The normalized spacial score (nSPS) is 16.4. The van der Waals surface area contributed by atoms with Gasteiger partial charge in [-0.05, 0) is 14.0 Å². The van der Waals surface area contributed by atoms with Crippen LogP contribution in [-0.2, 0) is 6.54 Å². The fourth-order valence-corrected chi connectivity index (χ4v) is 3.80. The van der Waals surface area contributed by atoms with Gasteiger partial charge >= 0.3 is 0 Å². The monoisotopic (exact) mass is 370 g/mol. The second-order valence-electron chi connectivity index (χ2n) is 6.88. The Hall–Kier alpha value is -2.02. The van der Waals surface area contributed by atoms with E-state index < -0.39 is 0 Å². The average Bonchev–Trinajstić information content (AvgIpc) is 2.99. The lowest BCUT2D eigenvalue weighted by molar-refractivity contribution is 0.149. The van der Waals surface area contributed by atoms with Crippen LogP contribution in [0.1, 0.15) is 5.69 Å². The number of halogens is 1. The van der Waals surface area contributed by atoms with Gasteiger partial charge in [-0.2, -0.15) is 5.10 Å². The molecule has 26 heavy (non-hydrogen) atoms. The molecule has 0 radical (unpaired) electrons. The molecule has 1 saturated heterocycles. The number of nitrogens with zero attached hydrogens (tertiary/aromatic N) is 6. The number of aromatic nitrogens is 4. The van der Waals surface area contributed by atoms with E-state index in [0.717, 1.165) is 61.6 Å². The molecular formula is C19H23ClN6. The lowest BCUT2D eigenvalue weighted by atomic mass is 10.1. The molecule has 0 N–H and O–H groups in total. The van der Waals surface area contributed by atoms with E-state index >= 15 is 0 Å². The number of hydrogen-bond donors (Lipinski definition) is 0. The standard InChI is InChI=1S/C19H23ClN6/c1-14-16-17(20)18(15-6-4-3-5-7-15)21-22-19(16)26(23-14)13-12-25-10-8-24(2)9-11-25/h3-7H,8-13H2,1-2H3. The van der Waals surface area contributed by atoms with Crippen molar-refractivity contribution in [2.75, 3.05) is 39.8 Å². The van der Waals surface area contributed by atoms with Gasteiger partial charge in [-0.15, -0.1) is 10.2 Å². The van der Waals surface area contributed by atoms with Gasteiger partial charge in [-0.1, -0.05) is 41.9 Å². The minimum Gasteiger partial charge on any atom is -0.304 e. The second-order valence-corrected chi connectivity index (χ2v) is 7.26. The summed E-state index contributed by atoms with van der Waals surface area (Å²) in [6.45, 7) is 8.17. The third kappa shape index (κ3) is 3.32. The summed E-state index contributed by atoms with van der Waals surface area (Å²) in [5.74, 6) is 0. The third-order valence-electron chi connectivity index (χ3n) is 5.04. The van der Waals surface area contributed by atoms with Crippen molar-refractivity contribution in [1.82, 2.24) is 29.8 Å². The van der Waals surface area contributed by atoms with E-state index in [9.17, 15) is 0 Å². The second kappa shape index (κ2) is 7.31. The molecule has 3 aromatic rings. The molecule has 0 aliphatic carbocycles. The van der Waals surface area contributed by atoms with E-state index in [-0.39, 0.29) is 0 Å². The Morgan fingerprint density at radius 2 is 1.73 bits per heavy atom. The molecule has 0 amide bonds. The molecule has 4 rings (SSSR count). The van der Waals surface area contributed by atoms with E-state index in [0.29, 0.717) is 10.7 Å². The van der Waals surface area contributed by atoms with Crippen molar-refractivity contribution in [3.8, 4) is 11.3 Å². The summed E-state index contributed by atoms with van der Waals surface area (Å²) in [4.78, 5) is 4.83. The van der Waals surface area contributed by atoms with Crippen LogP contribution in [0.15, 0.2) is 30.3 Å². The van der Waals surface area contributed by atoms with Crippen molar-refractivity contribution in [3.63, 3.8) is 0 Å². The predicted molar refractivity (Wildman–Crippen MR) is 104 cm³/mol. The van der Waals surface area contributed by atoms with Gasteiger partial charge in [0.2, 0.25) is 0 Å². The van der Waals surface area contributed by atoms with Crippen LogP contribution in [0.4, 0.5) is 0 Å². The fourth-order valence-electron chi connectivity index (χ4n) is 3.43. The number of rotatable bonds is 4. The zero-order valence-corrected chi connectivity index (χ0v) is 15.9. The van der Waals surface area contributed by atoms with Crippen LogP contribution < -0.4 is 0 Å². The summed E-state index contributed by atoms with van der Waals surface area (Å²) < 4.78 is 1.94. The van der Waals surface area contributed by atoms with Gasteiger partial charge in [-0.25, -0.2) is 4.68 Å². The first-order valence-corrected chi connectivity index (χ1v) is 9.37. The van der Waals surface area contributed by atoms with E-state index in [2.05, 4.69) is 32.1 Å². The maximum absolute atomic E-state index is 6.69. The Balaban J connectivity index is 1.60. The topological polar surface area (TPSA) is 50.1 Å². The molecule has 1 aliphatic rings. The Morgan fingerprint density at radius 1 is 1.00 bits per heavy atom. The molecule has 1 aromatic carbocycles. The Morgan fingerprint density at radius 3 is 2.46 bits per heavy atom. The van der Waals surface area contributed by atoms with E-state index in [1.54, 1.807) is 0 Å². The van der Waals surface area contributed by atoms with Crippen LogP contribution >= 0.6 is 11.6 Å². The van der Waals surface area contributed by atoms with E-state index in [4.69, 9.17) is 11.6 Å². The van der Waals surface area contributed by atoms with Crippen molar-refractivity contribution in [2.24, 2.45) is 0 Å². The first-order chi connectivity index (χ1) is 12.6. The molecule has 3 heterocycles. The number of likely N-dealkylation sites (N-methyl/N-ethyl adjacent to an activating group) is 1. The number of benzene rings is 1. The van der Waals surface area contributed by atoms with Crippen molar-refractivity contribution in [3.05, 3.63) is 41.0 Å². The molecule has 0 unspecified atom stereocenters. The summed E-state index contributed by atoms with van der Waals surface area (Å²) >= 11 is 6.69. The van der Waals surface area contributed by atoms with Crippen LogP contribution in [0.25, 0.3) is 22.3 Å². The van der Waals surface area contributed by atoms with Crippen LogP contribution in [0.3, 0.4) is 0 Å². The van der Waals surface area contributed by atoms with Crippen molar-refractivity contribution < 1.29 is 0 Å². The highest BCUT2D eigenvalue weighted by Crippen LogP contribution is 2.32. The number of hydrogen-bond acceptors (Lipinski definition) is 5. The lowest BCUT2D eigenvalue weighted by Gasteiger charge is -2.32. The maximum Gasteiger partial charge on any atom is 0.182 e. The van der Waals surface area contributed by atoms with E-state index in [1.807, 2.05) is 41.9 Å². The van der Waals surface area contributed by atoms with E-state index in [1.165, 1.54) is 0 Å². The van der Waals surface area contributed by atoms with Gasteiger partial charge in [0.25, 0.3) is 0 Å². The quantitative estimate of drug-likeness (QED) is 0.706. The molecule has 0 spiro atoms. The van der Waals surface area contributed by atoms with Gasteiger partial charge in [0.1, 0.15) is 5.69 Å².